The molecule has 0 bridgehead atoms. The van der Waals surface area contributed by atoms with Crippen LogP contribution in [0, 0.1) is 0 Å². The Hall–Kier alpha value is -1.15. The zero-order chi connectivity index (χ0) is 15.0. The minimum atomic E-state index is -3.79. The number of hydrogen-bond donors (Lipinski definition) is 0. The van der Waals surface area contributed by atoms with Crippen molar-refractivity contribution in [1.82, 2.24) is 0 Å². The van der Waals surface area contributed by atoms with Crippen LogP contribution in [0.5, 0.6) is 17.2 Å². The van der Waals surface area contributed by atoms with E-state index in [1.165, 1.54) is 17.4 Å². The highest BCUT2D eigenvalue weighted by Gasteiger charge is 2.22. The number of fused-ring (bicyclic) bond motifs is 1. The molecular weight excluding hydrogens is 359 g/mol. The van der Waals surface area contributed by atoms with Gasteiger partial charge in [0.25, 0.3) is 9.05 Å². The maximum absolute atomic E-state index is 11.4. The molecule has 2 aromatic rings. The molecule has 3 rings (SSSR count). The Morgan fingerprint density at radius 1 is 1.29 bits per heavy atom. The molecule has 0 saturated carbocycles. The van der Waals surface area contributed by atoms with Crippen LogP contribution >= 0.6 is 33.6 Å². The average Bonchev–Trinajstić information content (AvgIpc) is 3.06. The van der Waals surface area contributed by atoms with Gasteiger partial charge in [-0.05, 0) is 23.6 Å². The van der Waals surface area contributed by atoms with Gasteiger partial charge in [-0.3, -0.25) is 0 Å². The normalized spacial score (nSPS) is 13.4. The monoisotopic (exact) mass is 366 g/mol. The summed E-state index contributed by atoms with van der Waals surface area (Å²) >= 11 is 7.39. The molecule has 112 valence electrons. The van der Waals surface area contributed by atoms with E-state index < -0.39 is 9.05 Å². The summed E-state index contributed by atoms with van der Waals surface area (Å²) in [6, 6.07) is 4.75. The molecule has 0 aliphatic carbocycles. The second-order valence-corrected chi connectivity index (χ2v) is 7.96. The van der Waals surface area contributed by atoms with Gasteiger partial charge in [0, 0.05) is 10.7 Å². The van der Waals surface area contributed by atoms with Crippen molar-refractivity contribution in [1.29, 1.82) is 0 Å². The third-order valence-electron chi connectivity index (χ3n) is 2.77. The Morgan fingerprint density at radius 2 is 2.10 bits per heavy atom. The predicted octanol–water partition coefficient (Wildman–Crippen LogP) is 3.64. The summed E-state index contributed by atoms with van der Waals surface area (Å²) in [7, 11) is 1.57. The van der Waals surface area contributed by atoms with E-state index in [4.69, 9.17) is 36.5 Å². The van der Waals surface area contributed by atoms with Gasteiger partial charge in [-0.2, -0.15) is 0 Å². The van der Waals surface area contributed by atoms with E-state index in [0.717, 1.165) is 0 Å². The van der Waals surface area contributed by atoms with Crippen molar-refractivity contribution in [2.75, 3.05) is 6.79 Å². The van der Waals surface area contributed by atoms with Crippen molar-refractivity contribution >= 4 is 42.7 Å². The molecule has 0 spiro atoms. The van der Waals surface area contributed by atoms with Gasteiger partial charge in [0.05, 0.1) is 9.77 Å². The van der Waals surface area contributed by atoms with E-state index in [1.54, 1.807) is 17.5 Å². The molecule has 1 aromatic heterocycles. The number of rotatable bonds is 4. The van der Waals surface area contributed by atoms with Crippen molar-refractivity contribution in [3.05, 3.63) is 33.5 Å². The van der Waals surface area contributed by atoms with Gasteiger partial charge in [0.2, 0.25) is 6.79 Å². The first-order chi connectivity index (χ1) is 9.97. The Bertz CT molecular complexity index is 785. The van der Waals surface area contributed by atoms with Gasteiger partial charge in [0.15, 0.2) is 11.5 Å². The van der Waals surface area contributed by atoms with E-state index in [0.29, 0.717) is 22.1 Å². The zero-order valence-electron chi connectivity index (χ0n) is 10.3. The number of ether oxygens (including phenoxy) is 3. The van der Waals surface area contributed by atoms with Crippen molar-refractivity contribution < 1.29 is 22.6 Å². The fourth-order valence-electron chi connectivity index (χ4n) is 1.83. The Morgan fingerprint density at radius 3 is 2.86 bits per heavy atom. The fraction of sp³-hybridized carbons (Fsp3) is 0.167. The topological polar surface area (TPSA) is 61.8 Å². The quantitative estimate of drug-likeness (QED) is 0.773. The number of hydrogen-bond acceptors (Lipinski definition) is 6. The van der Waals surface area contributed by atoms with Crippen molar-refractivity contribution in [2.24, 2.45) is 0 Å². The molecule has 0 unspecified atom stereocenters. The summed E-state index contributed by atoms with van der Waals surface area (Å²) in [5.74, 6) is 1.35. The summed E-state index contributed by atoms with van der Waals surface area (Å²) in [6.07, 6.45) is 0. The van der Waals surface area contributed by atoms with Crippen molar-refractivity contribution in [3.8, 4) is 17.2 Å². The SMILES string of the molecule is O=S(=O)(Cl)c1ccsc1COc1ccc2c(c1Cl)OCO2. The Balaban J connectivity index is 1.82. The van der Waals surface area contributed by atoms with E-state index in [2.05, 4.69) is 0 Å². The molecule has 0 radical (unpaired) electrons. The molecule has 0 atom stereocenters. The molecule has 2 heterocycles. The summed E-state index contributed by atoms with van der Waals surface area (Å²) in [5, 5.41) is 1.92. The smallest absolute Gasteiger partial charge is 0.262 e. The maximum Gasteiger partial charge on any atom is 0.262 e. The standard InChI is InChI=1S/C12H8Cl2O5S2/c13-11-7(1-2-8-12(11)19-6-18-8)17-5-9-10(3-4-20-9)21(14,15)16/h1-4H,5-6H2. The second-order valence-electron chi connectivity index (χ2n) is 4.05. The summed E-state index contributed by atoms with van der Waals surface area (Å²) in [5.41, 5.74) is 0. The Kier molecular flexibility index (Phi) is 3.92. The van der Waals surface area contributed by atoms with Gasteiger partial charge in [-0.25, -0.2) is 8.42 Å². The summed E-state index contributed by atoms with van der Waals surface area (Å²) in [4.78, 5) is 0.546. The molecule has 1 aromatic carbocycles. The lowest BCUT2D eigenvalue weighted by Crippen LogP contribution is -1.99. The highest BCUT2D eigenvalue weighted by molar-refractivity contribution is 8.13. The fourth-order valence-corrected chi connectivity index (χ4v) is 4.46. The number of halogens is 2. The molecular formula is C12H8Cl2O5S2. The van der Waals surface area contributed by atoms with E-state index in [-0.39, 0.29) is 23.3 Å². The lowest BCUT2D eigenvalue weighted by molar-refractivity contribution is 0.174. The molecule has 0 saturated heterocycles. The minimum absolute atomic E-state index is 0.0400. The number of benzene rings is 1. The van der Waals surface area contributed by atoms with Gasteiger partial charge in [0.1, 0.15) is 17.4 Å². The van der Waals surface area contributed by atoms with Crippen LogP contribution < -0.4 is 14.2 Å². The van der Waals surface area contributed by atoms with Gasteiger partial charge in [-0.15, -0.1) is 11.3 Å². The molecule has 1 aliphatic heterocycles. The summed E-state index contributed by atoms with van der Waals surface area (Å²) < 4.78 is 38.8. The van der Waals surface area contributed by atoms with Crippen LogP contribution in [0.4, 0.5) is 0 Å². The first kappa shape index (κ1) is 14.8. The van der Waals surface area contributed by atoms with Crippen LogP contribution in [0.2, 0.25) is 5.02 Å². The third-order valence-corrected chi connectivity index (χ3v) is 5.56. The largest absolute Gasteiger partial charge is 0.486 e. The van der Waals surface area contributed by atoms with Gasteiger partial charge < -0.3 is 14.2 Å². The van der Waals surface area contributed by atoms with E-state index in [1.807, 2.05) is 0 Å². The van der Waals surface area contributed by atoms with Crippen molar-refractivity contribution in [2.45, 2.75) is 11.5 Å². The molecule has 1 aliphatic rings. The van der Waals surface area contributed by atoms with Crippen LogP contribution in [-0.2, 0) is 15.7 Å². The van der Waals surface area contributed by atoms with Gasteiger partial charge in [-0.1, -0.05) is 11.6 Å². The molecule has 5 nitrogen and oxygen atoms in total. The first-order valence-electron chi connectivity index (χ1n) is 5.69. The van der Waals surface area contributed by atoms with E-state index >= 15 is 0 Å². The highest BCUT2D eigenvalue weighted by atomic mass is 35.7. The third kappa shape index (κ3) is 2.91. The van der Waals surface area contributed by atoms with Crippen LogP contribution in [0.15, 0.2) is 28.5 Å². The molecule has 0 amide bonds. The molecule has 0 fully saturated rings. The highest BCUT2D eigenvalue weighted by Crippen LogP contribution is 2.44. The lowest BCUT2D eigenvalue weighted by atomic mass is 10.3. The average molecular weight is 367 g/mol. The van der Waals surface area contributed by atoms with Gasteiger partial charge >= 0.3 is 0 Å². The second kappa shape index (κ2) is 5.57. The summed E-state index contributed by atoms with van der Waals surface area (Å²) in [6.45, 7) is 0.149. The van der Waals surface area contributed by atoms with Crippen LogP contribution in [0.25, 0.3) is 0 Å². The predicted molar refractivity (Wildman–Crippen MR) is 79.3 cm³/mol. The maximum atomic E-state index is 11.4. The minimum Gasteiger partial charge on any atom is -0.486 e. The van der Waals surface area contributed by atoms with Crippen LogP contribution in [-0.4, -0.2) is 15.2 Å². The lowest BCUT2D eigenvalue weighted by Gasteiger charge is -2.09. The first-order valence-corrected chi connectivity index (χ1v) is 9.25. The van der Waals surface area contributed by atoms with E-state index in [9.17, 15) is 8.42 Å². The Labute approximate surface area is 134 Å². The van der Waals surface area contributed by atoms with Crippen LogP contribution in [0.3, 0.4) is 0 Å². The molecule has 9 heteroatoms. The zero-order valence-corrected chi connectivity index (χ0v) is 13.5. The van der Waals surface area contributed by atoms with Crippen molar-refractivity contribution in [3.63, 3.8) is 0 Å². The van der Waals surface area contributed by atoms with Crippen LogP contribution in [0.1, 0.15) is 4.88 Å². The molecule has 0 N–H and O–H groups in total. The molecule has 21 heavy (non-hydrogen) atoms. The number of thiophene rings is 1.